The minimum absolute atomic E-state index is 0.182. The van der Waals surface area contributed by atoms with Gasteiger partial charge in [0, 0.05) is 55.3 Å². The fraction of sp³-hybridized carbons (Fsp3) is 0.316. The molecule has 29 heavy (non-hydrogen) atoms. The summed E-state index contributed by atoms with van der Waals surface area (Å²) in [5.74, 6) is 0.645. The van der Waals surface area contributed by atoms with Crippen LogP contribution >= 0.6 is 11.6 Å². The summed E-state index contributed by atoms with van der Waals surface area (Å²) in [6.45, 7) is 5.12. The number of allylic oxidation sites excluding steroid dienone is 1. The molecule has 0 spiro atoms. The lowest BCUT2D eigenvalue weighted by atomic mass is 10.0. The van der Waals surface area contributed by atoms with Crippen LogP contribution in [0.5, 0.6) is 0 Å². The predicted octanol–water partition coefficient (Wildman–Crippen LogP) is 3.93. The number of aromatic nitrogens is 1. The largest absolute Gasteiger partial charge is 0.429 e. The Labute approximate surface area is 171 Å². The van der Waals surface area contributed by atoms with E-state index in [1.165, 1.54) is 12.5 Å². The Bertz CT molecular complexity index is 917. The number of nitrogens with zero attached hydrogens (tertiary/aromatic N) is 4. The first kappa shape index (κ1) is 20.9. The van der Waals surface area contributed by atoms with Crippen LogP contribution in [-0.4, -0.2) is 36.3 Å². The molecule has 0 atom stereocenters. The normalized spacial score (nSPS) is 18.0. The summed E-state index contributed by atoms with van der Waals surface area (Å²) in [5.41, 5.74) is 7.31. The molecule has 154 valence electrons. The van der Waals surface area contributed by atoms with E-state index in [0.29, 0.717) is 41.7 Å². The van der Waals surface area contributed by atoms with E-state index in [4.69, 9.17) is 17.3 Å². The van der Waals surface area contributed by atoms with Gasteiger partial charge in [0.2, 0.25) is 0 Å². The summed E-state index contributed by atoms with van der Waals surface area (Å²) in [5, 5.41) is 3.60. The molecule has 0 saturated carbocycles. The van der Waals surface area contributed by atoms with Gasteiger partial charge in [0.05, 0.1) is 17.1 Å². The van der Waals surface area contributed by atoms with Gasteiger partial charge in [0.15, 0.2) is 0 Å². The van der Waals surface area contributed by atoms with Crippen LogP contribution in [0, 0.1) is 0 Å². The Morgan fingerprint density at radius 3 is 2.76 bits per heavy atom. The van der Waals surface area contributed by atoms with Crippen LogP contribution in [0.15, 0.2) is 63.8 Å². The zero-order chi connectivity index (χ0) is 21.0. The van der Waals surface area contributed by atoms with E-state index in [1.54, 1.807) is 18.3 Å². The van der Waals surface area contributed by atoms with E-state index >= 15 is 0 Å². The molecule has 0 amide bonds. The van der Waals surface area contributed by atoms with E-state index in [0.717, 1.165) is 11.3 Å². The maximum absolute atomic E-state index is 12.7. The van der Waals surface area contributed by atoms with Gasteiger partial charge in [0.1, 0.15) is 11.5 Å². The van der Waals surface area contributed by atoms with Gasteiger partial charge in [-0.05, 0) is 18.6 Å². The lowest BCUT2D eigenvalue weighted by Gasteiger charge is -2.32. The summed E-state index contributed by atoms with van der Waals surface area (Å²) < 4.78 is 38.2. The first-order chi connectivity index (χ1) is 13.8. The number of rotatable bonds is 5. The van der Waals surface area contributed by atoms with E-state index in [-0.39, 0.29) is 12.8 Å². The summed E-state index contributed by atoms with van der Waals surface area (Å²) in [7, 11) is 0. The fourth-order valence-electron chi connectivity index (χ4n) is 3.16. The monoisotopic (exact) mass is 424 g/mol. The molecule has 2 aliphatic rings. The quantitative estimate of drug-likeness (QED) is 0.554. The minimum Gasteiger partial charge on any atom is -0.390 e. The van der Waals surface area contributed by atoms with Gasteiger partial charge in [-0.2, -0.15) is 13.2 Å². The summed E-state index contributed by atoms with van der Waals surface area (Å²) in [6, 6.07) is 3.51. The molecule has 0 aliphatic carbocycles. The van der Waals surface area contributed by atoms with Crippen molar-refractivity contribution in [2.45, 2.75) is 25.4 Å². The minimum atomic E-state index is -4.41. The molecule has 10 heteroatoms. The number of hydrogen-bond acceptors (Lipinski definition) is 5. The summed E-state index contributed by atoms with van der Waals surface area (Å²) >= 11 is 6.26. The smallest absolute Gasteiger partial charge is 0.390 e. The van der Waals surface area contributed by atoms with Gasteiger partial charge in [0.25, 0.3) is 0 Å². The lowest BCUT2D eigenvalue weighted by Crippen LogP contribution is -2.35. The number of alkyl halides is 3. The van der Waals surface area contributed by atoms with E-state index in [9.17, 15) is 13.2 Å². The Balaban J connectivity index is 1.80. The van der Waals surface area contributed by atoms with Crippen molar-refractivity contribution in [3.63, 3.8) is 0 Å². The molecule has 3 N–H and O–H groups in total. The number of pyridine rings is 1. The van der Waals surface area contributed by atoms with Gasteiger partial charge in [-0.15, -0.1) is 0 Å². The molecule has 0 bridgehead atoms. The third kappa shape index (κ3) is 4.97. The first-order valence-corrected chi connectivity index (χ1v) is 9.28. The molecule has 3 rings (SSSR count). The van der Waals surface area contributed by atoms with Crippen LogP contribution in [0.25, 0.3) is 0 Å². The Morgan fingerprint density at radius 2 is 2.14 bits per heavy atom. The van der Waals surface area contributed by atoms with Crippen LogP contribution in [0.4, 0.5) is 19.0 Å². The van der Waals surface area contributed by atoms with Crippen molar-refractivity contribution in [3.8, 4) is 0 Å². The van der Waals surface area contributed by atoms with Crippen molar-refractivity contribution < 1.29 is 13.2 Å². The SMILES string of the molecule is C=C(NC1=CN=C(C(F)(F)F)CC1)C1=C(N=CN)CCN(c2ncccc2Cl)C1. The Morgan fingerprint density at radius 1 is 1.34 bits per heavy atom. The fourth-order valence-corrected chi connectivity index (χ4v) is 3.40. The van der Waals surface area contributed by atoms with Crippen molar-refractivity contribution in [3.05, 3.63) is 58.8 Å². The van der Waals surface area contributed by atoms with Crippen molar-refractivity contribution in [2.24, 2.45) is 15.7 Å². The van der Waals surface area contributed by atoms with Crippen molar-refractivity contribution in [1.29, 1.82) is 0 Å². The second kappa shape index (κ2) is 8.69. The standard InChI is InChI=1S/C19H20ClF3N6/c1-12(28-13-4-5-17(26-9-13)19(21,22)23)14-10-29(8-6-16(14)27-11-24)18-15(20)3-2-7-25-18/h2-3,7,9,11,28H,1,4-6,8,10H2,(H2,24,27). The molecule has 0 unspecified atom stereocenters. The van der Waals surface area contributed by atoms with Gasteiger partial charge in [-0.3, -0.25) is 4.99 Å². The maximum Gasteiger partial charge on any atom is 0.429 e. The third-order valence-corrected chi connectivity index (χ3v) is 4.89. The molecule has 1 aromatic rings. The van der Waals surface area contributed by atoms with Crippen molar-refractivity contribution in [1.82, 2.24) is 10.3 Å². The Kier molecular flexibility index (Phi) is 6.26. The second-order valence-corrected chi connectivity index (χ2v) is 6.92. The highest BCUT2D eigenvalue weighted by atomic mass is 35.5. The van der Waals surface area contributed by atoms with Gasteiger partial charge >= 0.3 is 6.18 Å². The number of aliphatic imine (C=N–C) groups is 2. The first-order valence-electron chi connectivity index (χ1n) is 8.90. The van der Waals surface area contributed by atoms with Crippen LogP contribution in [0.2, 0.25) is 5.02 Å². The molecule has 6 nitrogen and oxygen atoms in total. The van der Waals surface area contributed by atoms with Crippen molar-refractivity contribution >= 4 is 29.5 Å². The van der Waals surface area contributed by atoms with Crippen LogP contribution in [0.1, 0.15) is 19.3 Å². The van der Waals surface area contributed by atoms with E-state index in [2.05, 4.69) is 26.9 Å². The average Bonchev–Trinajstić information content (AvgIpc) is 2.69. The van der Waals surface area contributed by atoms with Crippen LogP contribution < -0.4 is 16.0 Å². The van der Waals surface area contributed by atoms with Gasteiger partial charge < -0.3 is 16.0 Å². The number of halogens is 4. The molecule has 0 radical (unpaired) electrons. The van der Waals surface area contributed by atoms with E-state index in [1.807, 2.05) is 4.90 Å². The molecule has 1 aromatic heterocycles. The lowest BCUT2D eigenvalue weighted by molar-refractivity contribution is -0.0606. The molecule has 0 saturated heterocycles. The highest BCUT2D eigenvalue weighted by molar-refractivity contribution is 6.32. The van der Waals surface area contributed by atoms with E-state index < -0.39 is 11.9 Å². The second-order valence-electron chi connectivity index (χ2n) is 6.52. The molecule has 0 fully saturated rings. The summed E-state index contributed by atoms with van der Waals surface area (Å²) in [6.07, 6.45) is 0.261. The van der Waals surface area contributed by atoms with Crippen LogP contribution in [-0.2, 0) is 0 Å². The zero-order valence-electron chi connectivity index (χ0n) is 15.5. The molecule has 0 aromatic carbocycles. The van der Waals surface area contributed by atoms with Crippen LogP contribution in [0.3, 0.4) is 0 Å². The topological polar surface area (TPSA) is 78.9 Å². The number of anilines is 1. The zero-order valence-corrected chi connectivity index (χ0v) is 16.3. The maximum atomic E-state index is 12.7. The molecular weight excluding hydrogens is 405 g/mol. The number of nitrogens with one attached hydrogen (secondary N) is 1. The van der Waals surface area contributed by atoms with Gasteiger partial charge in [-0.1, -0.05) is 18.2 Å². The highest BCUT2D eigenvalue weighted by Crippen LogP contribution is 2.31. The Hall–Kier alpha value is -2.81. The predicted molar refractivity (Wildman–Crippen MR) is 109 cm³/mol. The van der Waals surface area contributed by atoms with Crippen molar-refractivity contribution in [2.75, 3.05) is 18.0 Å². The number of nitrogens with two attached hydrogens (primary N) is 1. The number of hydrogen-bond donors (Lipinski definition) is 2. The molecule has 2 aliphatic heterocycles. The molecular formula is C19H20ClF3N6. The molecule has 3 heterocycles. The third-order valence-electron chi connectivity index (χ3n) is 4.60. The highest BCUT2D eigenvalue weighted by Gasteiger charge is 2.36. The van der Waals surface area contributed by atoms with Gasteiger partial charge in [-0.25, -0.2) is 9.98 Å². The summed E-state index contributed by atoms with van der Waals surface area (Å²) in [4.78, 5) is 14.1. The average molecular weight is 425 g/mol.